The van der Waals surface area contributed by atoms with Gasteiger partial charge in [-0.25, -0.2) is 0 Å². The minimum atomic E-state index is -0.622. The van der Waals surface area contributed by atoms with Crippen molar-refractivity contribution in [2.45, 2.75) is 38.8 Å². The van der Waals surface area contributed by atoms with Crippen molar-refractivity contribution in [2.24, 2.45) is 5.92 Å². The van der Waals surface area contributed by atoms with Gasteiger partial charge in [-0.15, -0.1) is 0 Å². The first-order valence-electron chi connectivity index (χ1n) is 5.13. The highest BCUT2D eigenvalue weighted by Gasteiger charge is 2.28. The van der Waals surface area contributed by atoms with Crippen LogP contribution >= 0.6 is 11.6 Å². The Kier molecular flexibility index (Phi) is 4.54. The summed E-state index contributed by atoms with van der Waals surface area (Å²) in [5, 5.41) is 2.08. The molecule has 86 valence electrons. The number of halogens is 1. The van der Waals surface area contributed by atoms with E-state index in [1.807, 2.05) is 13.8 Å². The van der Waals surface area contributed by atoms with Crippen LogP contribution in [0.1, 0.15) is 26.7 Å². The normalized spacial score (nSPS) is 22.8. The summed E-state index contributed by atoms with van der Waals surface area (Å²) in [7, 11) is 0. The molecule has 15 heavy (non-hydrogen) atoms. The minimum Gasteiger partial charge on any atom is -0.368 e. The van der Waals surface area contributed by atoms with Crippen LogP contribution in [0.5, 0.6) is 0 Å². The molecule has 2 atom stereocenters. The van der Waals surface area contributed by atoms with Crippen LogP contribution in [-0.4, -0.2) is 29.9 Å². The Labute approximate surface area is 94.3 Å². The zero-order valence-electron chi connectivity index (χ0n) is 8.96. The molecule has 1 amide bonds. The zero-order chi connectivity index (χ0) is 11.4. The van der Waals surface area contributed by atoms with Crippen molar-refractivity contribution in [2.75, 3.05) is 6.61 Å². The molecular formula is C10H16ClNO3. The van der Waals surface area contributed by atoms with E-state index in [4.69, 9.17) is 16.3 Å². The van der Waals surface area contributed by atoms with Gasteiger partial charge >= 0.3 is 0 Å². The maximum Gasteiger partial charge on any atom is 0.249 e. The van der Waals surface area contributed by atoms with E-state index in [1.54, 1.807) is 0 Å². The molecule has 1 heterocycles. The van der Waals surface area contributed by atoms with E-state index in [0.29, 0.717) is 13.0 Å². The summed E-state index contributed by atoms with van der Waals surface area (Å²) in [4.78, 5) is 22.7. The molecule has 1 aliphatic rings. The van der Waals surface area contributed by atoms with Crippen LogP contribution in [-0.2, 0) is 14.3 Å². The Balaban J connectivity index is 2.50. The first-order chi connectivity index (χ1) is 7.02. The third-order valence-corrected chi connectivity index (χ3v) is 2.67. The molecule has 2 unspecified atom stereocenters. The Morgan fingerprint density at radius 3 is 2.53 bits per heavy atom. The molecular weight excluding hydrogens is 218 g/mol. The predicted octanol–water partition coefficient (Wildman–Crippen LogP) is 1.07. The van der Waals surface area contributed by atoms with E-state index in [0.717, 1.165) is 6.42 Å². The standard InChI is InChI=1S/C10H16ClNO3/c1-6(2)8(9(11)13)12-10(14)7-4-3-5-15-7/h6-8H,3-5H2,1-2H3,(H,12,14). The largest absolute Gasteiger partial charge is 0.368 e. The lowest BCUT2D eigenvalue weighted by molar-refractivity contribution is -0.133. The molecule has 5 heteroatoms. The van der Waals surface area contributed by atoms with Gasteiger partial charge in [0.15, 0.2) is 0 Å². The summed E-state index contributed by atoms with van der Waals surface area (Å²) in [5.41, 5.74) is 0. The van der Waals surface area contributed by atoms with Gasteiger partial charge in [-0.05, 0) is 30.4 Å². The molecule has 1 rings (SSSR count). The van der Waals surface area contributed by atoms with Crippen LogP contribution in [0.4, 0.5) is 0 Å². The molecule has 0 aromatic heterocycles. The maximum absolute atomic E-state index is 11.6. The van der Waals surface area contributed by atoms with Gasteiger partial charge in [0.1, 0.15) is 12.1 Å². The van der Waals surface area contributed by atoms with Gasteiger partial charge in [0, 0.05) is 6.61 Å². The van der Waals surface area contributed by atoms with Crippen LogP contribution in [0.3, 0.4) is 0 Å². The second-order valence-corrected chi connectivity index (χ2v) is 4.41. The Morgan fingerprint density at radius 1 is 1.47 bits per heavy atom. The third kappa shape index (κ3) is 3.47. The average molecular weight is 234 g/mol. The first kappa shape index (κ1) is 12.5. The molecule has 0 aromatic carbocycles. The molecule has 1 saturated heterocycles. The summed E-state index contributed by atoms with van der Waals surface area (Å²) < 4.78 is 5.21. The van der Waals surface area contributed by atoms with Crippen molar-refractivity contribution in [3.05, 3.63) is 0 Å². The average Bonchev–Trinajstić information content (AvgIpc) is 2.65. The molecule has 0 spiro atoms. The Bertz CT molecular complexity index is 249. The van der Waals surface area contributed by atoms with E-state index >= 15 is 0 Å². The summed E-state index contributed by atoms with van der Waals surface area (Å²) >= 11 is 5.40. The molecule has 0 radical (unpaired) electrons. The fourth-order valence-electron chi connectivity index (χ4n) is 1.52. The number of amides is 1. The molecule has 1 fully saturated rings. The van der Waals surface area contributed by atoms with E-state index in [2.05, 4.69) is 5.32 Å². The summed E-state index contributed by atoms with van der Waals surface area (Å²) in [5.74, 6) is -0.249. The molecule has 4 nitrogen and oxygen atoms in total. The van der Waals surface area contributed by atoms with Crippen LogP contribution in [0.25, 0.3) is 0 Å². The highest BCUT2D eigenvalue weighted by atomic mass is 35.5. The summed E-state index contributed by atoms with van der Waals surface area (Å²) in [6.45, 7) is 4.28. The highest BCUT2D eigenvalue weighted by Crippen LogP contribution is 2.13. The second-order valence-electron chi connectivity index (χ2n) is 4.04. The van der Waals surface area contributed by atoms with E-state index in [1.165, 1.54) is 0 Å². The SMILES string of the molecule is CC(C)C(NC(=O)C1CCCO1)C(=O)Cl. The molecule has 1 N–H and O–H groups in total. The van der Waals surface area contributed by atoms with Gasteiger partial charge in [-0.1, -0.05) is 13.8 Å². The minimum absolute atomic E-state index is 0.0136. The molecule has 0 aliphatic carbocycles. The van der Waals surface area contributed by atoms with E-state index in [9.17, 15) is 9.59 Å². The number of hydrogen-bond donors (Lipinski definition) is 1. The molecule has 0 bridgehead atoms. The monoisotopic (exact) mass is 233 g/mol. The van der Waals surface area contributed by atoms with Gasteiger partial charge in [0.2, 0.25) is 11.1 Å². The predicted molar refractivity (Wildman–Crippen MR) is 56.6 cm³/mol. The van der Waals surface area contributed by atoms with Crippen molar-refractivity contribution in [1.29, 1.82) is 0 Å². The molecule has 0 aromatic rings. The zero-order valence-corrected chi connectivity index (χ0v) is 9.71. The number of carbonyl (C=O) groups excluding carboxylic acids is 2. The maximum atomic E-state index is 11.6. The summed E-state index contributed by atoms with van der Waals surface area (Å²) in [6, 6.07) is -0.622. The number of nitrogens with one attached hydrogen (secondary N) is 1. The molecule has 1 aliphatic heterocycles. The van der Waals surface area contributed by atoms with Crippen molar-refractivity contribution in [3.8, 4) is 0 Å². The first-order valence-corrected chi connectivity index (χ1v) is 5.51. The van der Waals surface area contributed by atoms with Crippen molar-refractivity contribution < 1.29 is 14.3 Å². The van der Waals surface area contributed by atoms with Crippen molar-refractivity contribution in [3.63, 3.8) is 0 Å². The lowest BCUT2D eigenvalue weighted by atomic mass is 10.1. The quantitative estimate of drug-likeness (QED) is 0.739. The van der Waals surface area contributed by atoms with Gasteiger partial charge in [-0.3, -0.25) is 9.59 Å². The lowest BCUT2D eigenvalue weighted by Crippen LogP contribution is -2.46. The number of hydrogen-bond acceptors (Lipinski definition) is 3. The van der Waals surface area contributed by atoms with Crippen molar-refractivity contribution >= 4 is 22.8 Å². The molecule has 0 saturated carbocycles. The smallest absolute Gasteiger partial charge is 0.249 e. The third-order valence-electron chi connectivity index (χ3n) is 2.43. The summed E-state index contributed by atoms with van der Waals surface area (Å²) in [6.07, 6.45) is 1.19. The van der Waals surface area contributed by atoms with Gasteiger partial charge < -0.3 is 10.1 Å². The van der Waals surface area contributed by atoms with Crippen LogP contribution in [0.2, 0.25) is 0 Å². The Morgan fingerprint density at radius 2 is 2.13 bits per heavy atom. The topological polar surface area (TPSA) is 55.4 Å². The Hall–Kier alpha value is -0.610. The number of rotatable bonds is 4. The van der Waals surface area contributed by atoms with Crippen LogP contribution < -0.4 is 5.32 Å². The van der Waals surface area contributed by atoms with E-state index in [-0.39, 0.29) is 11.8 Å². The number of ether oxygens (including phenoxy) is 1. The van der Waals surface area contributed by atoms with Gasteiger partial charge in [0.05, 0.1) is 0 Å². The van der Waals surface area contributed by atoms with Gasteiger partial charge in [-0.2, -0.15) is 0 Å². The van der Waals surface area contributed by atoms with Gasteiger partial charge in [0.25, 0.3) is 0 Å². The van der Waals surface area contributed by atoms with Crippen LogP contribution in [0.15, 0.2) is 0 Å². The lowest BCUT2D eigenvalue weighted by Gasteiger charge is -2.20. The fourth-order valence-corrected chi connectivity index (χ4v) is 1.82. The van der Waals surface area contributed by atoms with Crippen LogP contribution in [0, 0.1) is 5.92 Å². The highest BCUT2D eigenvalue weighted by molar-refractivity contribution is 6.64. The second kappa shape index (κ2) is 5.47. The van der Waals surface area contributed by atoms with Crippen molar-refractivity contribution in [1.82, 2.24) is 5.32 Å². The van der Waals surface area contributed by atoms with E-state index < -0.39 is 17.4 Å². The fraction of sp³-hybridized carbons (Fsp3) is 0.800. The number of carbonyl (C=O) groups is 2.